The minimum atomic E-state index is -1.36. The molecule has 0 unspecified atom stereocenters. The predicted molar refractivity (Wildman–Crippen MR) is 99.4 cm³/mol. The highest BCUT2D eigenvalue weighted by molar-refractivity contribution is 6.07. The van der Waals surface area contributed by atoms with Crippen LogP contribution in [-0.2, 0) is 4.79 Å². The molecule has 1 atom stereocenters. The van der Waals surface area contributed by atoms with Crippen molar-refractivity contribution < 1.29 is 19.5 Å². The lowest BCUT2D eigenvalue weighted by Crippen LogP contribution is -2.51. The topological polar surface area (TPSA) is 86.7 Å². The van der Waals surface area contributed by atoms with E-state index >= 15 is 0 Å². The van der Waals surface area contributed by atoms with Crippen LogP contribution in [0, 0.1) is 0 Å². The number of para-hydroxylation sites is 1. The lowest BCUT2D eigenvalue weighted by molar-refractivity contribution is -0.143. The average molecular weight is 354 g/mol. The van der Waals surface area contributed by atoms with E-state index in [1.165, 1.54) is 17.9 Å². The van der Waals surface area contributed by atoms with E-state index in [9.17, 15) is 19.5 Å². The third-order valence-corrected chi connectivity index (χ3v) is 4.39. The Hall–Kier alpha value is -3.15. The second-order valence-corrected chi connectivity index (χ2v) is 6.23. The van der Waals surface area contributed by atoms with Crippen molar-refractivity contribution in [1.82, 2.24) is 5.32 Å². The Kier molecular flexibility index (Phi) is 5.77. The van der Waals surface area contributed by atoms with E-state index < -0.39 is 17.4 Å². The number of nitrogens with zero attached hydrogens (tertiary/aromatic N) is 1. The normalized spacial score (nSPS) is 12.7. The summed E-state index contributed by atoms with van der Waals surface area (Å²) in [5.74, 6) is -1.90. The van der Waals surface area contributed by atoms with Gasteiger partial charge in [0.05, 0.1) is 0 Å². The molecule has 0 fully saturated rings. The van der Waals surface area contributed by atoms with Crippen molar-refractivity contribution in [2.45, 2.75) is 25.8 Å². The Labute approximate surface area is 152 Å². The van der Waals surface area contributed by atoms with Crippen molar-refractivity contribution in [2.24, 2.45) is 0 Å². The maximum Gasteiger partial charge on any atom is 0.329 e. The highest BCUT2D eigenvalue weighted by Crippen LogP contribution is 2.17. The first kappa shape index (κ1) is 19.2. The molecule has 2 aromatic carbocycles. The van der Waals surface area contributed by atoms with Crippen LogP contribution in [0.4, 0.5) is 5.69 Å². The molecule has 0 aliphatic rings. The fourth-order valence-electron chi connectivity index (χ4n) is 2.37. The molecule has 6 heteroatoms. The highest BCUT2D eigenvalue weighted by atomic mass is 16.4. The molecule has 136 valence electrons. The fourth-order valence-corrected chi connectivity index (χ4v) is 2.37. The number of benzene rings is 2. The minimum Gasteiger partial charge on any atom is -0.480 e. The zero-order valence-corrected chi connectivity index (χ0v) is 15.0. The zero-order valence-electron chi connectivity index (χ0n) is 15.0. The average Bonchev–Trinajstić information content (AvgIpc) is 2.67. The number of hydrogen-bond acceptors (Lipinski definition) is 3. The standard InChI is InChI=1S/C20H22N2O4/c1-4-20(2,19(25)26)21-17(23)14-9-8-10-15(13-14)18(24)22(3)16-11-6-5-7-12-16/h5-13H,4H2,1-3H3,(H,21,23)(H,25,26)/t20-/m1/s1. The van der Waals surface area contributed by atoms with Crippen LogP contribution in [0.2, 0.25) is 0 Å². The molecule has 0 bridgehead atoms. The van der Waals surface area contributed by atoms with E-state index in [0.29, 0.717) is 5.56 Å². The molecule has 0 saturated heterocycles. The summed E-state index contributed by atoms with van der Waals surface area (Å²) >= 11 is 0. The number of carbonyl (C=O) groups is 3. The van der Waals surface area contributed by atoms with Crippen LogP contribution in [0.1, 0.15) is 41.0 Å². The number of aliphatic carboxylic acids is 1. The highest BCUT2D eigenvalue weighted by Gasteiger charge is 2.33. The summed E-state index contributed by atoms with van der Waals surface area (Å²) in [5.41, 5.74) is -0.0506. The second-order valence-electron chi connectivity index (χ2n) is 6.23. The molecule has 0 radical (unpaired) electrons. The Balaban J connectivity index is 2.23. The number of nitrogens with one attached hydrogen (secondary N) is 1. The van der Waals surface area contributed by atoms with Crippen molar-refractivity contribution in [3.05, 3.63) is 65.7 Å². The van der Waals surface area contributed by atoms with E-state index in [-0.39, 0.29) is 17.9 Å². The van der Waals surface area contributed by atoms with Crippen LogP contribution in [0.25, 0.3) is 0 Å². The SMILES string of the molecule is CC[C@@](C)(NC(=O)c1cccc(C(=O)N(C)c2ccccc2)c1)C(=O)O. The molecule has 0 aliphatic heterocycles. The summed E-state index contributed by atoms with van der Waals surface area (Å²) in [6, 6.07) is 15.4. The molecule has 0 aliphatic carbocycles. The minimum absolute atomic E-state index is 0.234. The largest absolute Gasteiger partial charge is 0.480 e. The van der Waals surface area contributed by atoms with E-state index in [2.05, 4.69) is 5.32 Å². The molecule has 2 aromatic rings. The first-order valence-electron chi connectivity index (χ1n) is 8.27. The van der Waals surface area contributed by atoms with Gasteiger partial charge in [0.25, 0.3) is 11.8 Å². The van der Waals surface area contributed by atoms with E-state index in [1.807, 2.05) is 30.3 Å². The molecule has 2 amide bonds. The van der Waals surface area contributed by atoms with Crippen LogP contribution < -0.4 is 10.2 Å². The quantitative estimate of drug-likeness (QED) is 0.835. The van der Waals surface area contributed by atoms with Crippen molar-refractivity contribution in [3.8, 4) is 0 Å². The van der Waals surface area contributed by atoms with Gasteiger partial charge in [-0.3, -0.25) is 9.59 Å². The molecule has 0 aromatic heterocycles. The first-order chi connectivity index (χ1) is 12.3. The van der Waals surface area contributed by atoms with Gasteiger partial charge in [-0.15, -0.1) is 0 Å². The molecule has 2 rings (SSSR count). The van der Waals surface area contributed by atoms with Gasteiger partial charge in [-0.1, -0.05) is 31.2 Å². The smallest absolute Gasteiger partial charge is 0.329 e. The van der Waals surface area contributed by atoms with Crippen molar-refractivity contribution in [2.75, 3.05) is 11.9 Å². The Morgan fingerprint density at radius 1 is 1.04 bits per heavy atom. The molecule has 0 spiro atoms. The zero-order chi connectivity index (χ0) is 19.3. The van der Waals surface area contributed by atoms with E-state index in [0.717, 1.165) is 5.69 Å². The second kappa shape index (κ2) is 7.82. The van der Waals surface area contributed by atoms with Crippen LogP contribution in [0.3, 0.4) is 0 Å². The summed E-state index contributed by atoms with van der Waals surface area (Å²) in [5, 5.41) is 11.8. The monoisotopic (exact) mass is 354 g/mol. The first-order valence-corrected chi connectivity index (χ1v) is 8.27. The van der Waals surface area contributed by atoms with Crippen molar-refractivity contribution >= 4 is 23.5 Å². The molecule has 2 N–H and O–H groups in total. The lowest BCUT2D eigenvalue weighted by Gasteiger charge is -2.24. The maximum absolute atomic E-state index is 12.7. The summed E-state index contributed by atoms with van der Waals surface area (Å²) in [6.07, 6.45) is 0.240. The van der Waals surface area contributed by atoms with Gasteiger partial charge in [0.2, 0.25) is 0 Å². The maximum atomic E-state index is 12.7. The van der Waals surface area contributed by atoms with Crippen molar-refractivity contribution in [3.63, 3.8) is 0 Å². The number of rotatable bonds is 6. The van der Waals surface area contributed by atoms with Gasteiger partial charge < -0.3 is 15.3 Å². The van der Waals surface area contributed by atoms with Crippen LogP contribution in [0.5, 0.6) is 0 Å². The van der Waals surface area contributed by atoms with Gasteiger partial charge in [0.15, 0.2) is 0 Å². The van der Waals surface area contributed by atoms with E-state index in [1.54, 1.807) is 32.2 Å². The summed E-state index contributed by atoms with van der Waals surface area (Å²) in [6.45, 7) is 3.13. The van der Waals surface area contributed by atoms with Gasteiger partial charge in [0, 0.05) is 23.9 Å². The number of carboxylic acid groups (broad SMARTS) is 1. The van der Waals surface area contributed by atoms with Gasteiger partial charge in [-0.25, -0.2) is 4.79 Å². The number of amides is 2. The third-order valence-electron chi connectivity index (χ3n) is 4.39. The van der Waals surface area contributed by atoms with Gasteiger partial charge in [-0.2, -0.15) is 0 Å². The summed E-state index contributed by atoms with van der Waals surface area (Å²) in [4.78, 5) is 38.0. The van der Waals surface area contributed by atoms with Crippen LogP contribution in [-0.4, -0.2) is 35.5 Å². The Bertz CT molecular complexity index is 820. The molecular weight excluding hydrogens is 332 g/mol. The summed E-state index contributed by atoms with van der Waals surface area (Å²) < 4.78 is 0. The molecule has 0 heterocycles. The molecule has 26 heavy (non-hydrogen) atoms. The van der Waals surface area contributed by atoms with Crippen LogP contribution >= 0.6 is 0 Å². The number of hydrogen-bond donors (Lipinski definition) is 2. The van der Waals surface area contributed by atoms with Gasteiger partial charge in [0.1, 0.15) is 5.54 Å². The van der Waals surface area contributed by atoms with Crippen molar-refractivity contribution in [1.29, 1.82) is 0 Å². The van der Waals surface area contributed by atoms with Gasteiger partial charge in [-0.05, 0) is 43.7 Å². The Morgan fingerprint density at radius 2 is 1.65 bits per heavy atom. The molecule has 0 saturated carbocycles. The molecular formula is C20H22N2O4. The van der Waals surface area contributed by atoms with E-state index in [4.69, 9.17) is 0 Å². The fraction of sp³-hybridized carbons (Fsp3) is 0.250. The number of carboxylic acids is 1. The Morgan fingerprint density at radius 3 is 2.23 bits per heavy atom. The third kappa shape index (κ3) is 4.08. The van der Waals surface area contributed by atoms with Gasteiger partial charge >= 0.3 is 5.97 Å². The molecule has 6 nitrogen and oxygen atoms in total. The predicted octanol–water partition coefficient (Wildman–Crippen LogP) is 2.95. The summed E-state index contributed by atoms with van der Waals surface area (Å²) in [7, 11) is 1.66. The number of anilines is 1. The lowest BCUT2D eigenvalue weighted by atomic mass is 9.98. The number of carbonyl (C=O) groups excluding carboxylic acids is 2. The van der Waals surface area contributed by atoms with Crippen LogP contribution in [0.15, 0.2) is 54.6 Å².